The number of aliphatic hydroxyl groups excluding tert-OH is 1. The van der Waals surface area contributed by atoms with Gasteiger partial charge >= 0.3 is 0 Å². The zero-order chi connectivity index (χ0) is 8.27. The van der Waals surface area contributed by atoms with E-state index in [1.807, 2.05) is 6.07 Å². The molecule has 0 fully saturated rings. The molecule has 0 saturated carbocycles. The Morgan fingerprint density at radius 1 is 1.64 bits per heavy atom. The summed E-state index contributed by atoms with van der Waals surface area (Å²) < 4.78 is 0. The minimum atomic E-state index is 0.123. The number of hydrogen-bond donors (Lipinski definition) is 2. The molecule has 1 aromatic rings. The first-order chi connectivity index (χ1) is 5.25. The summed E-state index contributed by atoms with van der Waals surface area (Å²) in [7, 11) is 2.45. The van der Waals surface area contributed by atoms with Crippen LogP contribution in [0.5, 0.6) is 0 Å². The lowest BCUT2D eigenvalue weighted by Gasteiger charge is -2.04. The molecule has 0 aliphatic carbocycles. The van der Waals surface area contributed by atoms with E-state index in [-0.39, 0.29) is 6.61 Å². The Labute approximate surface area is 67.8 Å². The fourth-order valence-electron chi connectivity index (χ4n) is 0.870. The predicted molar refractivity (Wildman–Crippen MR) is 48.8 cm³/mol. The first kappa shape index (κ1) is 8.44. The third-order valence-electron chi connectivity index (χ3n) is 1.49. The van der Waals surface area contributed by atoms with Crippen molar-refractivity contribution in [2.45, 2.75) is 6.42 Å². The molecule has 0 radical (unpaired) electrons. The summed E-state index contributed by atoms with van der Waals surface area (Å²) in [4.78, 5) is 3.98. The lowest BCUT2D eigenvalue weighted by Crippen LogP contribution is -2.09. The van der Waals surface area contributed by atoms with Crippen LogP contribution in [0.2, 0.25) is 0 Å². The highest BCUT2D eigenvalue weighted by Crippen LogP contribution is 2.09. The maximum absolute atomic E-state index is 8.65. The third-order valence-corrected chi connectivity index (χ3v) is 1.95. The van der Waals surface area contributed by atoms with Crippen LogP contribution in [0.3, 0.4) is 0 Å². The Morgan fingerprint density at radius 3 is 3.00 bits per heavy atom. The van der Waals surface area contributed by atoms with E-state index in [0.29, 0.717) is 12.1 Å². The summed E-state index contributed by atoms with van der Waals surface area (Å²) in [6.45, 7) is 0.123. The second-order valence-corrected chi connectivity index (χ2v) is 2.79. The minimum absolute atomic E-state index is 0.123. The van der Waals surface area contributed by atoms with Crippen LogP contribution >= 0.6 is 9.24 Å². The molecule has 0 aliphatic heterocycles. The molecule has 1 rings (SSSR count). The van der Waals surface area contributed by atoms with E-state index in [1.165, 1.54) is 0 Å². The summed E-state index contributed by atoms with van der Waals surface area (Å²) in [5.74, 6) is 0. The van der Waals surface area contributed by atoms with E-state index in [4.69, 9.17) is 10.8 Å². The van der Waals surface area contributed by atoms with Crippen molar-refractivity contribution in [3.05, 3.63) is 17.8 Å². The topological polar surface area (TPSA) is 59.1 Å². The number of aliphatic hydroxyl groups is 1. The Bertz CT molecular complexity index is 252. The minimum Gasteiger partial charge on any atom is -0.397 e. The molecule has 0 bridgehead atoms. The molecule has 1 heterocycles. The molecule has 1 unspecified atom stereocenters. The van der Waals surface area contributed by atoms with Crippen molar-refractivity contribution in [3.8, 4) is 0 Å². The second kappa shape index (κ2) is 3.65. The van der Waals surface area contributed by atoms with Gasteiger partial charge in [-0.25, -0.2) is 0 Å². The fourth-order valence-corrected chi connectivity index (χ4v) is 1.14. The third kappa shape index (κ3) is 1.88. The van der Waals surface area contributed by atoms with Crippen LogP contribution in [0.4, 0.5) is 5.69 Å². The van der Waals surface area contributed by atoms with Crippen molar-refractivity contribution >= 4 is 20.4 Å². The monoisotopic (exact) mass is 170 g/mol. The summed E-state index contributed by atoms with van der Waals surface area (Å²) in [5, 5.41) is 8.65. The zero-order valence-corrected chi connectivity index (χ0v) is 7.27. The number of nitrogen functional groups attached to an aromatic ring is 1. The van der Waals surface area contributed by atoms with E-state index >= 15 is 0 Å². The molecule has 4 heteroatoms. The van der Waals surface area contributed by atoms with Crippen LogP contribution in [0.1, 0.15) is 5.56 Å². The maximum atomic E-state index is 8.65. The Hall–Kier alpha value is -0.660. The highest BCUT2D eigenvalue weighted by Gasteiger charge is 2.00. The molecule has 60 valence electrons. The quantitative estimate of drug-likeness (QED) is 0.599. The number of aromatic nitrogens is 1. The van der Waals surface area contributed by atoms with Gasteiger partial charge in [-0.15, -0.1) is 0 Å². The smallest absolute Gasteiger partial charge is 0.0799 e. The van der Waals surface area contributed by atoms with Gasteiger partial charge in [-0.1, -0.05) is 9.24 Å². The van der Waals surface area contributed by atoms with E-state index in [0.717, 1.165) is 11.0 Å². The number of pyridine rings is 1. The number of hydrogen-bond acceptors (Lipinski definition) is 3. The van der Waals surface area contributed by atoms with Crippen molar-refractivity contribution in [1.82, 2.24) is 4.98 Å². The van der Waals surface area contributed by atoms with Gasteiger partial charge in [-0.3, -0.25) is 4.98 Å². The lowest BCUT2D eigenvalue weighted by atomic mass is 10.2. The summed E-state index contributed by atoms with van der Waals surface area (Å²) >= 11 is 0. The molecule has 11 heavy (non-hydrogen) atoms. The molecule has 0 aliphatic rings. The maximum Gasteiger partial charge on any atom is 0.0799 e. The van der Waals surface area contributed by atoms with E-state index in [1.54, 1.807) is 6.20 Å². The van der Waals surface area contributed by atoms with Crippen LogP contribution in [0.25, 0.3) is 0 Å². The highest BCUT2D eigenvalue weighted by molar-refractivity contribution is 7.27. The summed E-state index contributed by atoms with van der Waals surface area (Å²) in [6.07, 6.45) is 2.28. The van der Waals surface area contributed by atoms with Gasteiger partial charge < -0.3 is 10.8 Å². The summed E-state index contributed by atoms with van der Waals surface area (Å²) in [5.41, 5.74) is 8.03. The molecule has 0 aromatic carbocycles. The van der Waals surface area contributed by atoms with E-state index in [9.17, 15) is 0 Å². The Balaban J connectivity index is 2.96. The largest absolute Gasteiger partial charge is 0.397 e. The zero-order valence-electron chi connectivity index (χ0n) is 6.12. The van der Waals surface area contributed by atoms with Gasteiger partial charge in [0.2, 0.25) is 0 Å². The van der Waals surface area contributed by atoms with Gasteiger partial charge in [-0.2, -0.15) is 0 Å². The predicted octanol–water partition coefficient (Wildman–Crippen LogP) is -0.301. The van der Waals surface area contributed by atoms with Gasteiger partial charge in [0.1, 0.15) is 0 Å². The molecule has 3 N–H and O–H groups in total. The van der Waals surface area contributed by atoms with Crippen LogP contribution < -0.4 is 11.2 Å². The molecule has 3 nitrogen and oxygen atoms in total. The molecule has 1 aromatic heterocycles. The number of anilines is 1. The van der Waals surface area contributed by atoms with E-state index < -0.39 is 0 Å². The van der Waals surface area contributed by atoms with Gasteiger partial charge in [0.05, 0.1) is 11.1 Å². The average Bonchev–Trinajstić information content (AvgIpc) is 1.99. The van der Waals surface area contributed by atoms with Crippen molar-refractivity contribution in [1.29, 1.82) is 0 Å². The molecule has 1 atom stereocenters. The van der Waals surface area contributed by atoms with Crippen LogP contribution in [-0.2, 0) is 6.42 Å². The normalized spacial score (nSPS) is 10.0. The fraction of sp³-hybridized carbons (Fsp3) is 0.286. The van der Waals surface area contributed by atoms with Crippen molar-refractivity contribution in [3.63, 3.8) is 0 Å². The Kier molecular flexibility index (Phi) is 2.80. The van der Waals surface area contributed by atoms with Crippen LogP contribution in [0, 0.1) is 0 Å². The second-order valence-electron chi connectivity index (χ2n) is 2.24. The highest BCUT2D eigenvalue weighted by atomic mass is 31.0. The van der Waals surface area contributed by atoms with Crippen LogP contribution in [0.15, 0.2) is 12.3 Å². The molecular formula is C7H11N2OP. The SMILES string of the molecule is Nc1c(CCO)ccnc1P. The standard InChI is InChI=1S/C7H11N2OP/c8-6-5(2-4-10)1-3-9-7(6)11/h1,3,10H,2,4,8,11H2. The molecule has 0 saturated heterocycles. The first-order valence-corrected chi connectivity index (χ1v) is 3.93. The average molecular weight is 170 g/mol. The molecular weight excluding hydrogens is 159 g/mol. The number of nitrogens with zero attached hydrogens (tertiary/aromatic N) is 1. The molecule has 0 amide bonds. The van der Waals surface area contributed by atoms with Gasteiger partial charge in [0.25, 0.3) is 0 Å². The number of rotatable bonds is 2. The van der Waals surface area contributed by atoms with Crippen molar-refractivity contribution in [2.24, 2.45) is 0 Å². The van der Waals surface area contributed by atoms with Crippen molar-refractivity contribution < 1.29 is 5.11 Å². The van der Waals surface area contributed by atoms with E-state index in [2.05, 4.69) is 14.2 Å². The lowest BCUT2D eigenvalue weighted by molar-refractivity contribution is 0.300. The first-order valence-electron chi connectivity index (χ1n) is 3.35. The van der Waals surface area contributed by atoms with Crippen molar-refractivity contribution in [2.75, 3.05) is 12.3 Å². The van der Waals surface area contributed by atoms with Crippen LogP contribution in [-0.4, -0.2) is 16.7 Å². The van der Waals surface area contributed by atoms with Gasteiger partial charge in [0, 0.05) is 12.8 Å². The number of nitrogens with two attached hydrogens (primary N) is 1. The van der Waals surface area contributed by atoms with Gasteiger partial charge in [-0.05, 0) is 18.1 Å². The Morgan fingerprint density at radius 2 is 2.36 bits per heavy atom. The summed E-state index contributed by atoms with van der Waals surface area (Å²) in [6, 6.07) is 1.82. The van der Waals surface area contributed by atoms with Gasteiger partial charge in [0.15, 0.2) is 0 Å². The molecule has 0 spiro atoms.